The average Bonchev–Trinajstić information content (AvgIpc) is 2.99. The van der Waals surface area contributed by atoms with Crippen molar-refractivity contribution in [3.63, 3.8) is 0 Å². The summed E-state index contributed by atoms with van der Waals surface area (Å²) < 4.78 is 5.27. The predicted molar refractivity (Wildman–Crippen MR) is 107 cm³/mol. The van der Waals surface area contributed by atoms with Crippen LogP contribution in [0.25, 0.3) is 0 Å². The average molecular weight is 398 g/mol. The van der Waals surface area contributed by atoms with Crippen molar-refractivity contribution in [2.24, 2.45) is 0 Å². The zero-order chi connectivity index (χ0) is 21.0. The van der Waals surface area contributed by atoms with Crippen LogP contribution in [0.15, 0.2) is 42.5 Å². The number of nitrogen functional groups attached to an aromatic ring is 1. The number of rotatable bonds is 4. The number of para-hydroxylation sites is 1. The standard InChI is InChI=1S/C20H22N4O5/c1-29-18-6-3-2-5-15(18)20(26)23-10-4-9-22(11-12-23)19(25)14-7-8-16(21)17(13-14)24(27)28/h2-3,5-8,13H,4,9-12,21H2,1H3. The van der Waals surface area contributed by atoms with E-state index in [1.165, 1.54) is 25.3 Å². The number of anilines is 1. The summed E-state index contributed by atoms with van der Waals surface area (Å²) >= 11 is 0. The van der Waals surface area contributed by atoms with Gasteiger partial charge in [-0.15, -0.1) is 0 Å². The Morgan fingerprint density at radius 3 is 2.34 bits per heavy atom. The van der Waals surface area contributed by atoms with Crippen molar-refractivity contribution in [2.75, 3.05) is 39.0 Å². The van der Waals surface area contributed by atoms with Gasteiger partial charge in [0.1, 0.15) is 11.4 Å². The molecule has 0 aromatic heterocycles. The molecule has 1 heterocycles. The second kappa shape index (κ2) is 8.59. The van der Waals surface area contributed by atoms with E-state index in [0.717, 1.165) is 0 Å². The molecule has 9 heteroatoms. The van der Waals surface area contributed by atoms with Gasteiger partial charge in [0.2, 0.25) is 0 Å². The highest BCUT2D eigenvalue weighted by molar-refractivity contribution is 5.97. The van der Waals surface area contributed by atoms with Gasteiger partial charge in [-0.2, -0.15) is 0 Å². The second-order valence-electron chi connectivity index (χ2n) is 6.67. The number of ether oxygens (including phenoxy) is 1. The van der Waals surface area contributed by atoms with Gasteiger partial charge in [-0.1, -0.05) is 12.1 Å². The summed E-state index contributed by atoms with van der Waals surface area (Å²) in [7, 11) is 1.51. The fraction of sp³-hybridized carbons (Fsp3) is 0.300. The highest BCUT2D eigenvalue weighted by atomic mass is 16.6. The first-order valence-corrected chi connectivity index (χ1v) is 9.18. The third-order valence-electron chi connectivity index (χ3n) is 4.88. The minimum atomic E-state index is -0.609. The molecule has 2 aromatic rings. The van der Waals surface area contributed by atoms with Crippen LogP contribution in [0.3, 0.4) is 0 Å². The Labute approximate surface area is 167 Å². The molecule has 2 amide bonds. The molecule has 9 nitrogen and oxygen atoms in total. The monoisotopic (exact) mass is 398 g/mol. The maximum absolute atomic E-state index is 12.9. The molecule has 152 valence electrons. The normalized spacial score (nSPS) is 14.2. The van der Waals surface area contributed by atoms with E-state index in [4.69, 9.17) is 10.5 Å². The smallest absolute Gasteiger partial charge is 0.292 e. The first-order chi connectivity index (χ1) is 13.9. The Morgan fingerprint density at radius 1 is 1.03 bits per heavy atom. The molecule has 3 rings (SSSR count). The molecule has 29 heavy (non-hydrogen) atoms. The quantitative estimate of drug-likeness (QED) is 0.479. The predicted octanol–water partition coefficient (Wildman–Crippen LogP) is 2.17. The maximum atomic E-state index is 12.9. The van der Waals surface area contributed by atoms with Gasteiger partial charge in [0, 0.05) is 37.8 Å². The lowest BCUT2D eigenvalue weighted by Crippen LogP contribution is -2.37. The highest BCUT2D eigenvalue weighted by Crippen LogP contribution is 2.24. The molecule has 1 fully saturated rings. The molecule has 0 radical (unpaired) electrons. The lowest BCUT2D eigenvalue weighted by Gasteiger charge is -2.23. The van der Waals surface area contributed by atoms with E-state index in [-0.39, 0.29) is 28.8 Å². The molecule has 0 atom stereocenters. The Bertz CT molecular complexity index is 946. The van der Waals surface area contributed by atoms with E-state index in [9.17, 15) is 19.7 Å². The van der Waals surface area contributed by atoms with Crippen molar-refractivity contribution in [3.05, 3.63) is 63.7 Å². The number of hydrogen-bond acceptors (Lipinski definition) is 6. The SMILES string of the molecule is COc1ccccc1C(=O)N1CCCN(C(=O)c2ccc(N)c([N+](=O)[O-])c2)CC1. The molecule has 1 aliphatic rings. The van der Waals surface area contributed by atoms with E-state index in [1.807, 2.05) is 0 Å². The molecule has 0 saturated carbocycles. The fourth-order valence-electron chi connectivity index (χ4n) is 3.33. The van der Waals surface area contributed by atoms with Gasteiger partial charge in [0.05, 0.1) is 17.6 Å². The summed E-state index contributed by atoms with van der Waals surface area (Å²) in [4.78, 5) is 39.5. The van der Waals surface area contributed by atoms with Gasteiger partial charge in [-0.25, -0.2) is 0 Å². The number of nitrogens with two attached hydrogens (primary N) is 1. The van der Waals surface area contributed by atoms with Crippen molar-refractivity contribution in [2.45, 2.75) is 6.42 Å². The summed E-state index contributed by atoms with van der Waals surface area (Å²) in [6, 6.07) is 11.0. The molecular formula is C20H22N4O5. The minimum absolute atomic E-state index is 0.0102. The molecule has 2 aromatic carbocycles. The van der Waals surface area contributed by atoms with Gasteiger partial charge in [0.25, 0.3) is 17.5 Å². The lowest BCUT2D eigenvalue weighted by atomic mass is 10.1. The van der Waals surface area contributed by atoms with Crippen LogP contribution in [-0.4, -0.2) is 59.8 Å². The summed E-state index contributed by atoms with van der Waals surface area (Å²) in [5.74, 6) is 0.0309. The molecule has 0 bridgehead atoms. The summed E-state index contributed by atoms with van der Waals surface area (Å²) in [5, 5.41) is 11.1. The molecule has 0 unspecified atom stereocenters. The Balaban J connectivity index is 1.73. The number of carbonyl (C=O) groups excluding carboxylic acids is 2. The Hall–Kier alpha value is -3.62. The number of benzene rings is 2. The van der Waals surface area contributed by atoms with Crippen molar-refractivity contribution in [3.8, 4) is 5.75 Å². The molecule has 2 N–H and O–H groups in total. The number of hydrogen-bond donors (Lipinski definition) is 1. The van der Waals surface area contributed by atoms with Crippen LogP contribution in [0.5, 0.6) is 5.75 Å². The highest BCUT2D eigenvalue weighted by Gasteiger charge is 2.26. The number of methoxy groups -OCH3 is 1. The van der Waals surface area contributed by atoms with E-state index in [0.29, 0.717) is 43.9 Å². The first-order valence-electron chi connectivity index (χ1n) is 9.18. The van der Waals surface area contributed by atoms with Crippen LogP contribution in [0.2, 0.25) is 0 Å². The third kappa shape index (κ3) is 4.29. The van der Waals surface area contributed by atoms with Gasteiger partial charge < -0.3 is 20.3 Å². The maximum Gasteiger partial charge on any atom is 0.292 e. The molecule has 0 aliphatic carbocycles. The van der Waals surface area contributed by atoms with Crippen molar-refractivity contribution in [1.29, 1.82) is 0 Å². The van der Waals surface area contributed by atoms with Crippen molar-refractivity contribution in [1.82, 2.24) is 9.80 Å². The second-order valence-corrected chi connectivity index (χ2v) is 6.67. The van der Waals surface area contributed by atoms with Crippen LogP contribution < -0.4 is 10.5 Å². The number of carbonyl (C=O) groups is 2. The van der Waals surface area contributed by atoms with E-state index in [1.54, 1.807) is 34.1 Å². The number of nitrogens with zero attached hydrogens (tertiary/aromatic N) is 3. The van der Waals surface area contributed by atoms with Gasteiger partial charge in [0.15, 0.2) is 0 Å². The number of nitro benzene ring substituents is 1. The summed E-state index contributed by atoms with van der Waals surface area (Å²) in [6.07, 6.45) is 0.601. The molecular weight excluding hydrogens is 376 g/mol. The zero-order valence-electron chi connectivity index (χ0n) is 16.0. The van der Waals surface area contributed by atoms with Crippen molar-refractivity contribution >= 4 is 23.2 Å². The lowest BCUT2D eigenvalue weighted by molar-refractivity contribution is -0.383. The summed E-state index contributed by atoms with van der Waals surface area (Å²) in [6.45, 7) is 1.65. The number of amides is 2. The van der Waals surface area contributed by atoms with Crippen LogP contribution >= 0.6 is 0 Å². The van der Waals surface area contributed by atoms with Gasteiger partial charge in [-0.3, -0.25) is 19.7 Å². The summed E-state index contributed by atoms with van der Waals surface area (Å²) in [5.41, 5.74) is 6.00. The minimum Gasteiger partial charge on any atom is -0.496 e. The van der Waals surface area contributed by atoms with Crippen molar-refractivity contribution < 1.29 is 19.2 Å². The van der Waals surface area contributed by atoms with Gasteiger partial charge in [-0.05, 0) is 30.7 Å². The Kier molecular flexibility index (Phi) is 5.96. The molecule has 1 saturated heterocycles. The Morgan fingerprint density at radius 2 is 1.69 bits per heavy atom. The topological polar surface area (TPSA) is 119 Å². The van der Waals surface area contributed by atoms with E-state index < -0.39 is 4.92 Å². The van der Waals surface area contributed by atoms with Gasteiger partial charge >= 0.3 is 0 Å². The van der Waals surface area contributed by atoms with Crippen LogP contribution in [0, 0.1) is 10.1 Å². The first kappa shape index (κ1) is 20.1. The molecule has 1 aliphatic heterocycles. The van der Waals surface area contributed by atoms with Crippen LogP contribution in [0.1, 0.15) is 27.1 Å². The van der Waals surface area contributed by atoms with E-state index in [2.05, 4.69) is 0 Å². The third-order valence-corrected chi connectivity index (χ3v) is 4.88. The largest absolute Gasteiger partial charge is 0.496 e. The van der Waals surface area contributed by atoms with Crippen LogP contribution in [0.4, 0.5) is 11.4 Å². The van der Waals surface area contributed by atoms with Crippen LogP contribution in [-0.2, 0) is 0 Å². The van der Waals surface area contributed by atoms with E-state index >= 15 is 0 Å². The zero-order valence-corrected chi connectivity index (χ0v) is 16.0. The molecule has 0 spiro atoms. The number of nitro groups is 1. The fourth-order valence-corrected chi connectivity index (χ4v) is 3.33.